The Labute approximate surface area is 93.3 Å². The molecule has 0 atom stereocenters. The van der Waals surface area contributed by atoms with Crippen molar-refractivity contribution in [3.8, 4) is 11.5 Å². The van der Waals surface area contributed by atoms with Crippen molar-refractivity contribution < 1.29 is 14.9 Å². The van der Waals surface area contributed by atoms with E-state index in [-0.39, 0.29) is 17.8 Å². The molecule has 0 aliphatic heterocycles. The van der Waals surface area contributed by atoms with E-state index in [0.717, 1.165) is 18.4 Å². The molecule has 0 unspecified atom stereocenters. The predicted octanol–water partition coefficient (Wildman–Crippen LogP) is 2.08. The van der Waals surface area contributed by atoms with Crippen molar-refractivity contribution in [2.45, 2.75) is 18.3 Å². The van der Waals surface area contributed by atoms with Gasteiger partial charge in [0.15, 0.2) is 11.5 Å². The minimum Gasteiger partial charge on any atom is -0.504 e. The average Bonchev–Trinajstić information content (AvgIpc) is 2.99. The van der Waals surface area contributed by atoms with Crippen LogP contribution in [-0.4, -0.2) is 23.9 Å². The van der Waals surface area contributed by atoms with E-state index < -0.39 is 0 Å². The molecule has 1 aliphatic rings. The number of hydrogen-bond acceptors (Lipinski definition) is 3. The highest BCUT2D eigenvalue weighted by Crippen LogP contribution is 2.51. The second-order valence-corrected chi connectivity index (χ2v) is 4.35. The van der Waals surface area contributed by atoms with Crippen molar-refractivity contribution in [2.75, 3.05) is 13.7 Å². The van der Waals surface area contributed by atoms with Crippen LogP contribution in [0.4, 0.5) is 0 Å². The van der Waals surface area contributed by atoms with E-state index in [1.807, 2.05) is 0 Å². The highest BCUT2D eigenvalue weighted by molar-refractivity contribution is 6.31. The van der Waals surface area contributed by atoms with E-state index in [1.54, 1.807) is 6.07 Å². The number of ether oxygens (including phenoxy) is 1. The Morgan fingerprint density at radius 3 is 2.60 bits per heavy atom. The Balaban J connectivity index is 2.47. The van der Waals surface area contributed by atoms with Gasteiger partial charge in [0.2, 0.25) is 0 Å². The lowest BCUT2D eigenvalue weighted by molar-refractivity contribution is 0.254. The van der Waals surface area contributed by atoms with Crippen molar-refractivity contribution in [3.63, 3.8) is 0 Å². The Kier molecular flexibility index (Phi) is 2.52. The summed E-state index contributed by atoms with van der Waals surface area (Å²) in [6.07, 6.45) is 1.86. The minimum atomic E-state index is -0.210. The van der Waals surface area contributed by atoms with Gasteiger partial charge in [-0.1, -0.05) is 11.6 Å². The number of methoxy groups -OCH3 is 1. The number of phenols is 1. The first-order valence-electron chi connectivity index (χ1n) is 4.81. The maximum atomic E-state index is 9.50. The van der Waals surface area contributed by atoms with Crippen LogP contribution in [0.2, 0.25) is 5.02 Å². The van der Waals surface area contributed by atoms with E-state index in [1.165, 1.54) is 13.2 Å². The molecule has 15 heavy (non-hydrogen) atoms. The number of hydrogen-bond donors (Lipinski definition) is 2. The first-order valence-corrected chi connectivity index (χ1v) is 5.18. The largest absolute Gasteiger partial charge is 0.504 e. The van der Waals surface area contributed by atoms with Crippen molar-refractivity contribution in [2.24, 2.45) is 0 Å². The van der Waals surface area contributed by atoms with Gasteiger partial charge in [0.25, 0.3) is 0 Å². The zero-order valence-electron chi connectivity index (χ0n) is 8.46. The lowest BCUT2D eigenvalue weighted by Gasteiger charge is -2.16. The van der Waals surface area contributed by atoms with Crippen molar-refractivity contribution in [3.05, 3.63) is 22.7 Å². The number of rotatable bonds is 3. The van der Waals surface area contributed by atoms with Gasteiger partial charge in [-0.25, -0.2) is 0 Å². The smallest absolute Gasteiger partial charge is 0.160 e. The van der Waals surface area contributed by atoms with Crippen LogP contribution in [0.3, 0.4) is 0 Å². The fraction of sp³-hybridized carbons (Fsp3) is 0.455. The number of phenolic OH excluding ortho intramolecular Hbond substituents is 1. The molecule has 0 aromatic heterocycles. The molecule has 1 saturated carbocycles. The van der Waals surface area contributed by atoms with Crippen LogP contribution in [-0.2, 0) is 5.41 Å². The molecule has 0 spiro atoms. The Morgan fingerprint density at radius 1 is 1.47 bits per heavy atom. The molecule has 3 nitrogen and oxygen atoms in total. The molecule has 1 fully saturated rings. The summed E-state index contributed by atoms with van der Waals surface area (Å²) < 4.78 is 5.02. The van der Waals surface area contributed by atoms with E-state index in [4.69, 9.17) is 16.3 Å². The van der Waals surface area contributed by atoms with Gasteiger partial charge in [-0.05, 0) is 24.5 Å². The van der Waals surface area contributed by atoms with Crippen molar-refractivity contribution in [1.29, 1.82) is 0 Å². The van der Waals surface area contributed by atoms with Gasteiger partial charge < -0.3 is 14.9 Å². The maximum Gasteiger partial charge on any atom is 0.160 e. The third-order valence-corrected chi connectivity index (χ3v) is 3.31. The molecule has 0 saturated heterocycles. The predicted molar refractivity (Wildman–Crippen MR) is 57.7 cm³/mol. The van der Waals surface area contributed by atoms with Crippen LogP contribution in [0.25, 0.3) is 0 Å². The van der Waals surface area contributed by atoms with Crippen LogP contribution in [0.15, 0.2) is 12.1 Å². The molecule has 0 radical (unpaired) electrons. The summed E-state index contributed by atoms with van der Waals surface area (Å²) in [6.45, 7) is 0.0840. The summed E-state index contributed by atoms with van der Waals surface area (Å²) in [6, 6.07) is 3.17. The number of aromatic hydroxyl groups is 1. The Morgan fingerprint density at radius 2 is 2.13 bits per heavy atom. The summed E-state index contributed by atoms with van der Waals surface area (Å²) >= 11 is 6.04. The quantitative estimate of drug-likeness (QED) is 0.833. The first kappa shape index (κ1) is 10.6. The molecule has 0 amide bonds. The molecular formula is C11H13ClO3. The average molecular weight is 229 g/mol. The second-order valence-electron chi connectivity index (χ2n) is 3.94. The van der Waals surface area contributed by atoms with E-state index >= 15 is 0 Å². The molecule has 0 bridgehead atoms. The fourth-order valence-electron chi connectivity index (χ4n) is 1.78. The van der Waals surface area contributed by atoms with Crippen LogP contribution >= 0.6 is 11.6 Å². The summed E-state index contributed by atoms with van der Waals surface area (Å²) in [5, 5.41) is 19.3. The van der Waals surface area contributed by atoms with Crippen LogP contribution in [0.5, 0.6) is 11.5 Å². The zero-order valence-corrected chi connectivity index (χ0v) is 9.21. The Hall–Kier alpha value is -0.930. The van der Waals surface area contributed by atoms with Gasteiger partial charge in [0, 0.05) is 16.5 Å². The number of benzene rings is 1. The summed E-state index contributed by atoms with van der Waals surface area (Å²) in [5.41, 5.74) is 0.652. The van der Waals surface area contributed by atoms with Crippen molar-refractivity contribution in [1.82, 2.24) is 0 Å². The summed E-state index contributed by atoms with van der Waals surface area (Å²) in [7, 11) is 1.49. The lowest BCUT2D eigenvalue weighted by Crippen LogP contribution is -2.12. The van der Waals surface area contributed by atoms with Crippen LogP contribution < -0.4 is 4.74 Å². The number of halogens is 1. The monoisotopic (exact) mass is 228 g/mol. The summed E-state index contributed by atoms with van der Waals surface area (Å²) in [4.78, 5) is 0. The number of aliphatic hydroxyl groups excluding tert-OH is 1. The van der Waals surface area contributed by atoms with E-state index in [0.29, 0.717) is 10.8 Å². The lowest BCUT2D eigenvalue weighted by atomic mass is 9.96. The van der Waals surface area contributed by atoms with Gasteiger partial charge in [-0.3, -0.25) is 0 Å². The molecular weight excluding hydrogens is 216 g/mol. The maximum absolute atomic E-state index is 9.50. The van der Waals surface area contributed by atoms with Crippen LogP contribution in [0, 0.1) is 0 Å². The normalized spacial score (nSPS) is 17.5. The van der Waals surface area contributed by atoms with E-state index in [2.05, 4.69) is 0 Å². The minimum absolute atomic E-state index is 0.0278. The molecule has 0 heterocycles. The summed E-state index contributed by atoms with van der Waals surface area (Å²) in [5.74, 6) is 0.425. The molecule has 2 N–H and O–H groups in total. The second kappa shape index (κ2) is 3.58. The van der Waals surface area contributed by atoms with Crippen LogP contribution in [0.1, 0.15) is 18.4 Å². The van der Waals surface area contributed by atoms with Crippen molar-refractivity contribution >= 4 is 11.6 Å². The highest BCUT2D eigenvalue weighted by Gasteiger charge is 2.45. The van der Waals surface area contributed by atoms with Gasteiger partial charge >= 0.3 is 0 Å². The fourth-order valence-corrected chi connectivity index (χ4v) is 2.13. The molecule has 82 valence electrons. The standard InChI is InChI=1S/C11H13ClO3/c1-15-10-4-7(8(12)5-9(10)14)11(6-13)2-3-11/h4-5,13-14H,2-3,6H2,1H3. The highest BCUT2D eigenvalue weighted by atomic mass is 35.5. The third kappa shape index (κ3) is 1.66. The first-order chi connectivity index (χ1) is 7.13. The Bertz CT molecular complexity index is 386. The van der Waals surface area contributed by atoms with Gasteiger partial charge in [-0.2, -0.15) is 0 Å². The van der Waals surface area contributed by atoms with E-state index in [9.17, 15) is 10.2 Å². The molecule has 1 aliphatic carbocycles. The van der Waals surface area contributed by atoms with Gasteiger partial charge in [-0.15, -0.1) is 0 Å². The topological polar surface area (TPSA) is 49.7 Å². The molecule has 4 heteroatoms. The molecule has 2 rings (SSSR count). The SMILES string of the molecule is COc1cc(C2(CO)CC2)c(Cl)cc1O. The van der Waals surface area contributed by atoms with Gasteiger partial charge in [0.1, 0.15) is 0 Å². The van der Waals surface area contributed by atoms with Gasteiger partial charge in [0.05, 0.1) is 13.7 Å². The zero-order chi connectivity index (χ0) is 11.1. The third-order valence-electron chi connectivity index (χ3n) is 3.00. The molecule has 1 aromatic carbocycles. The molecule has 1 aromatic rings. The number of aliphatic hydroxyl groups is 1.